The van der Waals surface area contributed by atoms with Gasteiger partial charge in [0.1, 0.15) is 10.6 Å². The van der Waals surface area contributed by atoms with Crippen LogP contribution in [0, 0.1) is 5.92 Å². The number of nitrogens with one attached hydrogen (secondary N) is 2. The highest BCUT2D eigenvalue weighted by Gasteiger charge is 2.33. The molecule has 4 aromatic rings. The number of carbonyl (C=O) groups is 4. The molecular formula is C35H37N5O7S. The Labute approximate surface area is 281 Å². The van der Waals surface area contributed by atoms with Crippen molar-refractivity contribution in [2.45, 2.75) is 38.6 Å². The van der Waals surface area contributed by atoms with Gasteiger partial charge in [-0.1, -0.05) is 6.92 Å². The number of methoxy groups -OCH3 is 2. The zero-order chi connectivity index (χ0) is 33.9. The second kappa shape index (κ2) is 13.9. The van der Waals surface area contributed by atoms with Crippen molar-refractivity contribution in [1.29, 1.82) is 0 Å². The lowest BCUT2D eigenvalue weighted by Gasteiger charge is -2.35. The van der Waals surface area contributed by atoms with Crippen molar-refractivity contribution < 1.29 is 33.4 Å². The molecule has 2 N–H and O–H groups in total. The van der Waals surface area contributed by atoms with Crippen molar-refractivity contribution in [1.82, 2.24) is 9.47 Å². The summed E-state index contributed by atoms with van der Waals surface area (Å²) in [6, 6.07) is 12.1. The highest BCUT2D eigenvalue weighted by atomic mass is 32.1. The van der Waals surface area contributed by atoms with Crippen LogP contribution in [0.15, 0.2) is 53.7 Å². The summed E-state index contributed by atoms with van der Waals surface area (Å²) >= 11 is 1.32. The van der Waals surface area contributed by atoms with Crippen LogP contribution in [-0.4, -0.2) is 72.8 Å². The predicted molar refractivity (Wildman–Crippen MR) is 184 cm³/mol. The van der Waals surface area contributed by atoms with E-state index in [0.29, 0.717) is 63.6 Å². The van der Waals surface area contributed by atoms with E-state index < -0.39 is 5.97 Å². The molecule has 0 aliphatic carbocycles. The number of piperidine rings is 1. The molecule has 2 aliphatic heterocycles. The SMILES string of the molecule is COC(=O)c1cc2cc(NC(=O)c3cc(NC(=O)CCCOc4cc5c(cc4OC)C(=O)N4CCC(C)C[C@H]4C=N5)cn3C)ccc2s1. The summed E-state index contributed by atoms with van der Waals surface area (Å²) in [6.45, 7) is 3.13. The number of ether oxygens (including phenoxy) is 3. The molecule has 0 bridgehead atoms. The van der Waals surface area contributed by atoms with E-state index in [1.165, 1.54) is 25.6 Å². The van der Waals surface area contributed by atoms with Gasteiger partial charge in [-0.15, -0.1) is 11.3 Å². The largest absolute Gasteiger partial charge is 0.493 e. The van der Waals surface area contributed by atoms with Gasteiger partial charge in [-0.2, -0.15) is 0 Å². The summed E-state index contributed by atoms with van der Waals surface area (Å²) in [7, 11) is 4.58. The maximum Gasteiger partial charge on any atom is 0.348 e. The zero-order valence-electron chi connectivity index (χ0n) is 27.2. The molecule has 3 amide bonds. The van der Waals surface area contributed by atoms with E-state index in [0.717, 1.165) is 22.9 Å². The number of hydrogen-bond donors (Lipinski definition) is 2. The predicted octanol–water partition coefficient (Wildman–Crippen LogP) is 6.04. The second-order valence-electron chi connectivity index (χ2n) is 12.0. The fraction of sp³-hybridized carbons (Fsp3) is 0.343. The molecule has 48 heavy (non-hydrogen) atoms. The van der Waals surface area contributed by atoms with Crippen LogP contribution in [0.25, 0.3) is 10.1 Å². The van der Waals surface area contributed by atoms with Gasteiger partial charge in [0.25, 0.3) is 11.8 Å². The lowest BCUT2D eigenvalue weighted by molar-refractivity contribution is -0.116. The number of aryl methyl sites for hydroxylation is 1. The van der Waals surface area contributed by atoms with Gasteiger partial charge < -0.3 is 34.3 Å². The summed E-state index contributed by atoms with van der Waals surface area (Å²) in [5.41, 5.74) is 2.45. The Morgan fingerprint density at radius 3 is 2.67 bits per heavy atom. The number of esters is 1. The highest BCUT2D eigenvalue weighted by molar-refractivity contribution is 7.20. The van der Waals surface area contributed by atoms with E-state index in [2.05, 4.69) is 22.5 Å². The van der Waals surface area contributed by atoms with Crippen molar-refractivity contribution in [2.24, 2.45) is 18.0 Å². The minimum absolute atomic E-state index is 0.0248. The molecule has 1 unspecified atom stereocenters. The topological polar surface area (TPSA) is 141 Å². The minimum atomic E-state index is -0.406. The van der Waals surface area contributed by atoms with Crippen LogP contribution in [0.1, 0.15) is 63.1 Å². The number of hydrogen-bond acceptors (Lipinski definition) is 9. The molecule has 0 radical (unpaired) electrons. The average molecular weight is 672 g/mol. The molecule has 6 rings (SSSR count). The first-order valence-electron chi connectivity index (χ1n) is 15.7. The quantitative estimate of drug-likeness (QED) is 0.155. The number of nitrogens with zero attached hydrogens (tertiary/aromatic N) is 3. The first-order valence-corrected chi connectivity index (χ1v) is 16.5. The Kier molecular flexibility index (Phi) is 9.49. The Hall–Kier alpha value is -5.17. The Morgan fingerprint density at radius 1 is 1.04 bits per heavy atom. The smallest absolute Gasteiger partial charge is 0.348 e. The van der Waals surface area contributed by atoms with Crippen molar-refractivity contribution in [3.8, 4) is 11.5 Å². The average Bonchev–Trinajstić information content (AvgIpc) is 3.64. The van der Waals surface area contributed by atoms with Gasteiger partial charge in [0.15, 0.2) is 11.5 Å². The van der Waals surface area contributed by atoms with E-state index in [-0.39, 0.29) is 36.8 Å². The molecule has 1 saturated heterocycles. The normalized spacial score (nSPS) is 16.9. The third-order valence-corrected chi connectivity index (χ3v) is 9.65. The summed E-state index contributed by atoms with van der Waals surface area (Å²) in [5.74, 6) is 0.382. The molecule has 0 saturated carbocycles. The Morgan fingerprint density at radius 2 is 1.88 bits per heavy atom. The summed E-state index contributed by atoms with van der Waals surface area (Å²) < 4.78 is 18.8. The Bertz CT molecular complexity index is 1930. The molecule has 4 heterocycles. The molecule has 0 spiro atoms. The molecule has 1 fully saturated rings. The highest BCUT2D eigenvalue weighted by Crippen LogP contribution is 2.38. The third-order valence-electron chi connectivity index (χ3n) is 8.55. The van der Waals surface area contributed by atoms with Crippen LogP contribution < -0.4 is 20.1 Å². The van der Waals surface area contributed by atoms with Crippen LogP contribution in [0.2, 0.25) is 0 Å². The van der Waals surface area contributed by atoms with Crippen molar-refractivity contribution in [3.05, 3.63) is 64.8 Å². The van der Waals surface area contributed by atoms with Gasteiger partial charge in [-0.25, -0.2) is 4.79 Å². The van der Waals surface area contributed by atoms with Crippen molar-refractivity contribution in [3.63, 3.8) is 0 Å². The number of aromatic nitrogens is 1. The maximum absolute atomic E-state index is 13.3. The van der Waals surface area contributed by atoms with E-state index in [1.54, 1.807) is 54.2 Å². The number of benzene rings is 2. The molecular weight excluding hydrogens is 634 g/mol. The fourth-order valence-electron chi connectivity index (χ4n) is 6.01. The number of thiophene rings is 1. The first kappa shape index (κ1) is 32.8. The molecule has 2 aliphatic rings. The second-order valence-corrected chi connectivity index (χ2v) is 13.1. The summed E-state index contributed by atoms with van der Waals surface area (Å²) in [4.78, 5) is 58.0. The molecule has 250 valence electrons. The van der Waals surface area contributed by atoms with Gasteiger partial charge in [-0.05, 0) is 67.0 Å². The van der Waals surface area contributed by atoms with Crippen molar-refractivity contribution in [2.75, 3.05) is 38.0 Å². The van der Waals surface area contributed by atoms with Crippen LogP contribution in [0.3, 0.4) is 0 Å². The van der Waals surface area contributed by atoms with E-state index >= 15 is 0 Å². The van der Waals surface area contributed by atoms with E-state index in [9.17, 15) is 19.2 Å². The number of aliphatic imine (C=N–C) groups is 1. The van der Waals surface area contributed by atoms with E-state index in [1.807, 2.05) is 17.2 Å². The minimum Gasteiger partial charge on any atom is -0.493 e. The first-order chi connectivity index (χ1) is 23.1. The van der Waals surface area contributed by atoms with E-state index in [4.69, 9.17) is 14.2 Å². The zero-order valence-corrected chi connectivity index (χ0v) is 28.0. The van der Waals surface area contributed by atoms with Gasteiger partial charge in [0.05, 0.1) is 43.8 Å². The molecule has 2 aromatic heterocycles. The van der Waals surface area contributed by atoms with Gasteiger partial charge in [-0.3, -0.25) is 19.4 Å². The number of carbonyl (C=O) groups excluding carboxylic acids is 4. The van der Waals surface area contributed by atoms with Gasteiger partial charge >= 0.3 is 5.97 Å². The molecule has 12 nitrogen and oxygen atoms in total. The lowest BCUT2D eigenvalue weighted by Crippen LogP contribution is -2.45. The fourth-order valence-corrected chi connectivity index (χ4v) is 6.97. The molecule has 2 atom stereocenters. The number of anilines is 2. The molecule has 13 heteroatoms. The monoisotopic (exact) mass is 671 g/mol. The van der Waals surface area contributed by atoms with Gasteiger partial charge in [0, 0.05) is 48.9 Å². The Balaban J connectivity index is 1.02. The maximum atomic E-state index is 13.3. The number of rotatable bonds is 10. The standard InChI is InChI=1S/C35H37N5O7S/c1-20-9-10-40-24(12-20)18-36-26-17-29(28(45-3)16-25(26)34(40)43)47-11-5-6-32(41)37-23-15-27(39(2)19-23)33(42)38-22-7-8-30-21(13-22)14-31(48-30)35(44)46-4/h7-8,13-20,24H,5-6,9-12H2,1-4H3,(H,37,41)(H,38,42)/t20?,24-/m0/s1. The van der Waals surface area contributed by atoms with Crippen LogP contribution in [-0.2, 0) is 16.6 Å². The van der Waals surface area contributed by atoms with Crippen molar-refractivity contribution >= 4 is 68.4 Å². The number of amides is 3. The van der Waals surface area contributed by atoms with Gasteiger partial charge in [0.2, 0.25) is 5.91 Å². The van der Waals surface area contributed by atoms with Crippen LogP contribution in [0.5, 0.6) is 11.5 Å². The summed E-state index contributed by atoms with van der Waals surface area (Å²) in [6.07, 6.45) is 5.98. The van der Waals surface area contributed by atoms with Crippen LogP contribution in [0.4, 0.5) is 17.1 Å². The summed E-state index contributed by atoms with van der Waals surface area (Å²) in [5, 5.41) is 6.53. The van der Waals surface area contributed by atoms with Crippen LogP contribution >= 0.6 is 11.3 Å². The number of fused-ring (bicyclic) bond motifs is 3. The molecule has 2 aromatic carbocycles. The lowest BCUT2D eigenvalue weighted by atomic mass is 9.92. The third kappa shape index (κ3) is 6.91.